The van der Waals surface area contributed by atoms with Crippen LogP contribution in [0.2, 0.25) is 0 Å². The number of hydrogen-bond donors (Lipinski definition) is 1. The molecular formula is C13H11N3O3. The van der Waals surface area contributed by atoms with Crippen LogP contribution in [0, 0.1) is 17.0 Å². The van der Waals surface area contributed by atoms with Gasteiger partial charge in [-0.2, -0.15) is 0 Å². The number of benzene rings is 1. The highest BCUT2D eigenvalue weighted by Crippen LogP contribution is 2.28. The Labute approximate surface area is 109 Å². The summed E-state index contributed by atoms with van der Waals surface area (Å²) in [6, 6.07) is 7.84. The number of nitro benzene ring substituents is 1. The normalized spacial score (nSPS) is 10.8. The molecule has 0 radical (unpaired) electrons. The van der Waals surface area contributed by atoms with Crippen LogP contribution in [0.3, 0.4) is 0 Å². The second-order valence-corrected chi connectivity index (χ2v) is 3.92. The second kappa shape index (κ2) is 5.26. The predicted molar refractivity (Wildman–Crippen MR) is 71.0 cm³/mol. The van der Waals surface area contributed by atoms with Crippen molar-refractivity contribution in [2.45, 2.75) is 6.92 Å². The Bertz CT molecular complexity index is 636. The van der Waals surface area contributed by atoms with E-state index in [9.17, 15) is 15.2 Å². The monoisotopic (exact) mass is 257 g/mol. The molecule has 2 rings (SSSR count). The summed E-state index contributed by atoms with van der Waals surface area (Å²) in [6.07, 6.45) is 3.01. The molecule has 0 unspecified atom stereocenters. The third-order valence-corrected chi connectivity index (χ3v) is 2.47. The Hall–Kier alpha value is -2.76. The number of aromatic nitrogens is 1. The Morgan fingerprint density at radius 3 is 2.79 bits per heavy atom. The minimum atomic E-state index is -0.642. The van der Waals surface area contributed by atoms with Crippen LogP contribution < -0.4 is 0 Å². The fourth-order valence-corrected chi connectivity index (χ4v) is 1.47. The summed E-state index contributed by atoms with van der Waals surface area (Å²) in [4.78, 5) is 18.2. The minimum Gasteiger partial charge on any atom is -0.502 e. The van der Waals surface area contributed by atoms with Crippen LogP contribution in [0.25, 0.3) is 0 Å². The van der Waals surface area contributed by atoms with Crippen molar-refractivity contribution in [3.05, 3.63) is 57.8 Å². The van der Waals surface area contributed by atoms with Crippen LogP contribution in [0.15, 0.2) is 41.5 Å². The van der Waals surface area contributed by atoms with Crippen molar-refractivity contribution >= 4 is 17.7 Å². The predicted octanol–water partition coefficient (Wildman–Crippen LogP) is 2.75. The number of phenolic OH excluding ortho intramolecular Hbond substituents is 1. The average Bonchev–Trinajstić information content (AvgIpc) is 2.39. The molecule has 0 aliphatic rings. The first kappa shape index (κ1) is 12.7. The molecule has 0 saturated heterocycles. The first-order valence-electron chi connectivity index (χ1n) is 5.51. The van der Waals surface area contributed by atoms with Crippen LogP contribution in [-0.4, -0.2) is 21.2 Å². The van der Waals surface area contributed by atoms with Crippen LogP contribution in [0.5, 0.6) is 5.75 Å². The van der Waals surface area contributed by atoms with E-state index in [4.69, 9.17) is 0 Å². The zero-order chi connectivity index (χ0) is 13.8. The van der Waals surface area contributed by atoms with E-state index in [1.54, 1.807) is 18.3 Å². The molecule has 0 aliphatic heterocycles. The van der Waals surface area contributed by atoms with E-state index < -0.39 is 10.7 Å². The van der Waals surface area contributed by atoms with Gasteiger partial charge < -0.3 is 5.11 Å². The first-order valence-corrected chi connectivity index (χ1v) is 5.51. The molecule has 2 aromatic rings. The number of hydrogen-bond acceptors (Lipinski definition) is 5. The van der Waals surface area contributed by atoms with Crippen LogP contribution in [-0.2, 0) is 0 Å². The van der Waals surface area contributed by atoms with Gasteiger partial charge in [-0.25, -0.2) is 9.98 Å². The highest BCUT2D eigenvalue weighted by Gasteiger charge is 2.14. The molecule has 1 aromatic carbocycles. The Kier molecular flexibility index (Phi) is 3.51. The number of aliphatic imine (C=N–C) groups is 1. The lowest BCUT2D eigenvalue weighted by Gasteiger charge is -1.99. The van der Waals surface area contributed by atoms with Crippen molar-refractivity contribution in [3.63, 3.8) is 0 Å². The molecule has 6 nitrogen and oxygen atoms in total. The zero-order valence-electron chi connectivity index (χ0n) is 10.1. The van der Waals surface area contributed by atoms with Gasteiger partial charge in [0.05, 0.1) is 4.92 Å². The molecule has 0 amide bonds. The fraction of sp³-hybridized carbons (Fsp3) is 0.0769. The van der Waals surface area contributed by atoms with E-state index in [1.807, 2.05) is 13.0 Å². The van der Waals surface area contributed by atoms with Gasteiger partial charge >= 0.3 is 5.69 Å². The molecular weight excluding hydrogens is 246 g/mol. The third-order valence-electron chi connectivity index (χ3n) is 2.47. The van der Waals surface area contributed by atoms with Gasteiger partial charge in [0.25, 0.3) is 0 Å². The van der Waals surface area contributed by atoms with Crippen molar-refractivity contribution in [2.24, 2.45) is 4.99 Å². The topological polar surface area (TPSA) is 88.6 Å². The smallest absolute Gasteiger partial charge is 0.311 e. The van der Waals surface area contributed by atoms with Gasteiger partial charge in [0, 0.05) is 24.0 Å². The minimum absolute atomic E-state index is 0.275. The second-order valence-electron chi connectivity index (χ2n) is 3.92. The summed E-state index contributed by atoms with van der Waals surface area (Å²) in [5.41, 5.74) is 0.939. The molecule has 0 fully saturated rings. The van der Waals surface area contributed by atoms with Gasteiger partial charge in [0.15, 0.2) is 5.82 Å². The van der Waals surface area contributed by atoms with Gasteiger partial charge in [-0.05, 0) is 24.6 Å². The molecule has 0 spiro atoms. The van der Waals surface area contributed by atoms with Crippen molar-refractivity contribution in [1.82, 2.24) is 4.98 Å². The van der Waals surface area contributed by atoms with Crippen molar-refractivity contribution in [1.29, 1.82) is 0 Å². The molecule has 0 bridgehead atoms. The Morgan fingerprint density at radius 1 is 1.37 bits per heavy atom. The summed E-state index contributed by atoms with van der Waals surface area (Å²) in [5.74, 6) is 0.0693. The van der Waals surface area contributed by atoms with Gasteiger partial charge in [-0.15, -0.1) is 0 Å². The number of aryl methyl sites for hydroxylation is 1. The average molecular weight is 257 g/mol. The fourth-order valence-electron chi connectivity index (χ4n) is 1.47. The molecule has 19 heavy (non-hydrogen) atoms. The number of pyridine rings is 1. The molecule has 0 saturated carbocycles. The molecule has 0 aliphatic carbocycles. The molecule has 1 N–H and O–H groups in total. The zero-order valence-corrected chi connectivity index (χ0v) is 10.1. The SMILES string of the molecule is Cc1ccc(N=Cc2cccc([N+](=O)[O-])c2O)nc1. The number of phenols is 1. The van der Waals surface area contributed by atoms with Crippen LogP contribution in [0.1, 0.15) is 11.1 Å². The number of rotatable bonds is 3. The maximum atomic E-state index is 10.7. The molecule has 0 atom stereocenters. The lowest BCUT2D eigenvalue weighted by atomic mass is 10.2. The highest BCUT2D eigenvalue weighted by atomic mass is 16.6. The quantitative estimate of drug-likeness (QED) is 0.520. The number of para-hydroxylation sites is 1. The number of nitrogens with zero attached hydrogens (tertiary/aromatic N) is 3. The van der Waals surface area contributed by atoms with E-state index in [0.29, 0.717) is 5.82 Å². The van der Waals surface area contributed by atoms with Crippen LogP contribution in [0.4, 0.5) is 11.5 Å². The Morgan fingerprint density at radius 2 is 2.16 bits per heavy atom. The standard InChI is InChI=1S/C13H11N3O3/c1-9-5-6-12(14-7-9)15-8-10-3-2-4-11(13(10)17)16(18)19/h2-8,17H,1H3. The summed E-state index contributed by atoms with van der Waals surface area (Å²) in [5, 5.41) is 20.4. The molecule has 1 heterocycles. The van der Waals surface area contributed by atoms with E-state index in [0.717, 1.165) is 5.56 Å². The Balaban J connectivity index is 2.31. The highest BCUT2D eigenvalue weighted by molar-refractivity contribution is 5.86. The summed E-state index contributed by atoms with van der Waals surface area (Å²) >= 11 is 0. The van der Waals surface area contributed by atoms with Gasteiger partial charge in [-0.1, -0.05) is 12.1 Å². The van der Waals surface area contributed by atoms with E-state index in [-0.39, 0.29) is 11.3 Å². The summed E-state index contributed by atoms with van der Waals surface area (Å²) in [6.45, 7) is 1.91. The van der Waals surface area contributed by atoms with E-state index in [2.05, 4.69) is 9.98 Å². The maximum Gasteiger partial charge on any atom is 0.311 e. The molecule has 96 valence electrons. The number of nitro groups is 1. The first-order chi connectivity index (χ1) is 9.08. The lowest BCUT2D eigenvalue weighted by molar-refractivity contribution is -0.385. The number of aromatic hydroxyl groups is 1. The molecule has 1 aromatic heterocycles. The lowest BCUT2D eigenvalue weighted by Crippen LogP contribution is -1.91. The largest absolute Gasteiger partial charge is 0.502 e. The van der Waals surface area contributed by atoms with Crippen molar-refractivity contribution in [2.75, 3.05) is 0 Å². The maximum absolute atomic E-state index is 10.7. The summed E-state index contributed by atoms with van der Waals surface area (Å²) < 4.78 is 0. The van der Waals surface area contributed by atoms with Gasteiger partial charge in [0.2, 0.25) is 5.75 Å². The molecule has 6 heteroatoms. The van der Waals surface area contributed by atoms with Crippen molar-refractivity contribution < 1.29 is 10.0 Å². The van der Waals surface area contributed by atoms with Gasteiger partial charge in [-0.3, -0.25) is 10.1 Å². The van der Waals surface area contributed by atoms with E-state index in [1.165, 1.54) is 18.3 Å². The van der Waals surface area contributed by atoms with E-state index >= 15 is 0 Å². The van der Waals surface area contributed by atoms with Gasteiger partial charge in [0.1, 0.15) is 0 Å². The third kappa shape index (κ3) is 2.92. The van der Waals surface area contributed by atoms with Crippen LogP contribution >= 0.6 is 0 Å². The van der Waals surface area contributed by atoms with Crippen molar-refractivity contribution in [3.8, 4) is 5.75 Å². The summed E-state index contributed by atoms with van der Waals surface area (Å²) in [7, 11) is 0.